The lowest BCUT2D eigenvalue weighted by Crippen LogP contribution is -2.20. The molecule has 0 aliphatic rings. The molecule has 0 saturated heterocycles. The molecule has 0 aliphatic heterocycles. The van der Waals surface area contributed by atoms with Gasteiger partial charge in [-0.3, -0.25) is 4.79 Å². The highest BCUT2D eigenvalue weighted by atomic mass is 79.9. The van der Waals surface area contributed by atoms with Crippen molar-refractivity contribution in [2.75, 3.05) is 0 Å². The number of benzene rings is 2. The molecule has 6 heteroatoms. The number of fused-ring (bicyclic) bond motifs is 1. The number of halogens is 1. The molecule has 0 spiro atoms. The van der Waals surface area contributed by atoms with Crippen LogP contribution in [0.25, 0.3) is 10.9 Å². The smallest absolute Gasteiger partial charge is 0.282 e. The molecule has 0 atom stereocenters. The molecule has 2 aromatic carbocycles. The third-order valence-electron chi connectivity index (χ3n) is 3.19. The Morgan fingerprint density at radius 1 is 1.23 bits per heavy atom. The summed E-state index contributed by atoms with van der Waals surface area (Å²) in [6.45, 7) is 1.73. The van der Waals surface area contributed by atoms with Crippen LogP contribution in [-0.4, -0.2) is 21.0 Å². The van der Waals surface area contributed by atoms with E-state index in [1.807, 2.05) is 6.07 Å². The van der Waals surface area contributed by atoms with Gasteiger partial charge in [0.05, 0.1) is 17.1 Å². The summed E-state index contributed by atoms with van der Waals surface area (Å²) in [7, 11) is 0. The molecule has 3 aromatic rings. The van der Waals surface area contributed by atoms with Crippen molar-refractivity contribution in [1.82, 2.24) is 9.66 Å². The Bertz CT molecular complexity index is 931. The zero-order valence-electron chi connectivity index (χ0n) is 11.7. The molecule has 1 heterocycles. The maximum absolute atomic E-state index is 12.5. The normalized spacial score (nSPS) is 11.4. The first-order chi connectivity index (χ1) is 10.5. The zero-order chi connectivity index (χ0) is 15.7. The third-order valence-corrected chi connectivity index (χ3v) is 3.68. The molecule has 3 rings (SSSR count). The van der Waals surface area contributed by atoms with Crippen LogP contribution in [0.2, 0.25) is 0 Å². The summed E-state index contributed by atoms with van der Waals surface area (Å²) in [5.41, 5.74) is 1.19. The molecule has 1 aromatic heterocycles. The second-order valence-electron chi connectivity index (χ2n) is 4.77. The molecule has 1 N–H and O–H groups in total. The van der Waals surface area contributed by atoms with E-state index in [0.29, 0.717) is 16.7 Å². The quantitative estimate of drug-likeness (QED) is 0.716. The van der Waals surface area contributed by atoms with Crippen LogP contribution in [0.5, 0.6) is 5.75 Å². The maximum atomic E-state index is 12.5. The number of nitrogens with zero attached hydrogens (tertiary/aromatic N) is 3. The van der Waals surface area contributed by atoms with E-state index in [1.54, 1.807) is 49.5 Å². The van der Waals surface area contributed by atoms with Gasteiger partial charge >= 0.3 is 0 Å². The van der Waals surface area contributed by atoms with Gasteiger partial charge in [-0.1, -0.05) is 15.9 Å². The Balaban J connectivity index is 2.10. The van der Waals surface area contributed by atoms with Crippen LogP contribution in [0.1, 0.15) is 11.4 Å². The molecule has 0 bridgehead atoms. The largest absolute Gasteiger partial charge is 0.508 e. The predicted octanol–water partition coefficient (Wildman–Crippen LogP) is 3.06. The Hall–Kier alpha value is -2.47. The first-order valence-electron chi connectivity index (χ1n) is 6.57. The van der Waals surface area contributed by atoms with Crippen LogP contribution in [0.15, 0.2) is 56.8 Å². The van der Waals surface area contributed by atoms with Gasteiger partial charge in [0.1, 0.15) is 11.6 Å². The lowest BCUT2D eigenvalue weighted by atomic mass is 10.2. The van der Waals surface area contributed by atoms with Gasteiger partial charge < -0.3 is 5.11 Å². The molecule has 5 nitrogen and oxygen atoms in total. The van der Waals surface area contributed by atoms with Crippen molar-refractivity contribution < 1.29 is 5.11 Å². The fourth-order valence-electron chi connectivity index (χ4n) is 2.08. The fourth-order valence-corrected chi connectivity index (χ4v) is 2.44. The Morgan fingerprint density at radius 3 is 2.68 bits per heavy atom. The van der Waals surface area contributed by atoms with Gasteiger partial charge in [-0.15, -0.1) is 0 Å². The van der Waals surface area contributed by atoms with E-state index in [9.17, 15) is 9.90 Å². The number of phenolic OH excluding ortho intramolecular Hbond substituents is 1. The maximum Gasteiger partial charge on any atom is 0.282 e. The molecular formula is C16H12BrN3O2. The molecule has 110 valence electrons. The summed E-state index contributed by atoms with van der Waals surface area (Å²) in [5.74, 6) is 0.692. The van der Waals surface area contributed by atoms with E-state index in [4.69, 9.17) is 0 Å². The number of hydrogen-bond acceptors (Lipinski definition) is 4. The molecule has 22 heavy (non-hydrogen) atoms. The summed E-state index contributed by atoms with van der Waals surface area (Å²) in [6, 6.07) is 11.9. The van der Waals surface area contributed by atoms with Gasteiger partial charge in [0.15, 0.2) is 0 Å². The summed E-state index contributed by atoms with van der Waals surface area (Å²) in [6.07, 6.45) is 1.55. The van der Waals surface area contributed by atoms with Crippen LogP contribution in [0.3, 0.4) is 0 Å². The number of phenols is 1. The molecular weight excluding hydrogens is 346 g/mol. The second-order valence-corrected chi connectivity index (χ2v) is 5.69. The van der Waals surface area contributed by atoms with Crippen molar-refractivity contribution in [3.63, 3.8) is 0 Å². The van der Waals surface area contributed by atoms with Gasteiger partial charge in [-0.25, -0.2) is 4.98 Å². The highest BCUT2D eigenvalue weighted by molar-refractivity contribution is 9.10. The van der Waals surface area contributed by atoms with Crippen molar-refractivity contribution in [2.45, 2.75) is 6.92 Å². The topological polar surface area (TPSA) is 67.5 Å². The molecule has 0 fully saturated rings. The van der Waals surface area contributed by atoms with Crippen molar-refractivity contribution in [1.29, 1.82) is 0 Å². The highest BCUT2D eigenvalue weighted by Crippen LogP contribution is 2.15. The zero-order valence-corrected chi connectivity index (χ0v) is 13.3. The first kappa shape index (κ1) is 14.5. The molecule has 0 amide bonds. The van der Waals surface area contributed by atoms with E-state index in [-0.39, 0.29) is 11.3 Å². The molecule has 0 saturated carbocycles. The standard InChI is InChI=1S/C16H12BrN3O2/c1-10-19-15-7-4-12(17)8-14(15)16(22)20(10)18-9-11-2-5-13(21)6-3-11/h2-9,21H,1H3/b18-9+. The third kappa shape index (κ3) is 2.78. The van der Waals surface area contributed by atoms with E-state index in [1.165, 1.54) is 4.68 Å². The molecule has 0 aliphatic carbocycles. The average molecular weight is 358 g/mol. The van der Waals surface area contributed by atoms with E-state index < -0.39 is 0 Å². The van der Waals surface area contributed by atoms with Crippen LogP contribution >= 0.6 is 15.9 Å². The molecule has 0 radical (unpaired) electrons. The number of aryl methyl sites for hydroxylation is 1. The number of rotatable bonds is 2. The summed E-state index contributed by atoms with van der Waals surface area (Å²) in [4.78, 5) is 16.9. The Morgan fingerprint density at radius 2 is 1.95 bits per heavy atom. The van der Waals surface area contributed by atoms with Crippen LogP contribution in [-0.2, 0) is 0 Å². The van der Waals surface area contributed by atoms with E-state index in [0.717, 1.165) is 10.0 Å². The Labute approximate surface area is 134 Å². The second kappa shape index (κ2) is 5.73. The fraction of sp³-hybridized carbons (Fsp3) is 0.0625. The average Bonchev–Trinajstić information content (AvgIpc) is 2.50. The minimum atomic E-state index is -0.223. The number of aromatic nitrogens is 2. The van der Waals surface area contributed by atoms with Gasteiger partial charge in [0.25, 0.3) is 5.56 Å². The number of hydrogen-bond donors (Lipinski definition) is 1. The lowest BCUT2D eigenvalue weighted by molar-refractivity contribution is 0.475. The number of aromatic hydroxyl groups is 1. The van der Waals surface area contributed by atoms with Gasteiger partial charge in [-0.05, 0) is 55.0 Å². The van der Waals surface area contributed by atoms with Crippen LogP contribution in [0.4, 0.5) is 0 Å². The van der Waals surface area contributed by atoms with Crippen LogP contribution in [0, 0.1) is 6.92 Å². The van der Waals surface area contributed by atoms with Gasteiger partial charge in [-0.2, -0.15) is 9.78 Å². The van der Waals surface area contributed by atoms with Gasteiger partial charge in [0, 0.05) is 4.47 Å². The predicted molar refractivity (Wildman–Crippen MR) is 89.5 cm³/mol. The minimum Gasteiger partial charge on any atom is -0.508 e. The Kier molecular flexibility index (Phi) is 3.77. The van der Waals surface area contributed by atoms with Crippen molar-refractivity contribution >= 4 is 33.0 Å². The van der Waals surface area contributed by atoms with E-state index in [2.05, 4.69) is 26.0 Å². The molecule has 0 unspecified atom stereocenters. The monoisotopic (exact) mass is 357 g/mol. The highest BCUT2D eigenvalue weighted by Gasteiger charge is 2.07. The van der Waals surface area contributed by atoms with Crippen molar-refractivity contribution in [3.05, 3.63) is 68.7 Å². The van der Waals surface area contributed by atoms with Crippen molar-refractivity contribution in [3.8, 4) is 5.75 Å². The van der Waals surface area contributed by atoms with Crippen molar-refractivity contribution in [2.24, 2.45) is 5.10 Å². The van der Waals surface area contributed by atoms with Gasteiger partial charge in [0.2, 0.25) is 0 Å². The first-order valence-corrected chi connectivity index (χ1v) is 7.36. The summed E-state index contributed by atoms with van der Waals surface area (Å²) >= 11 is 3.35. The lowest BCUT2D eigenvalue weighted by Gasteiger charge is -2.05. The minimum absolute atomic E-state index is 0.183. The van der Waals surface area contributed by atoms with E-state index >= 15 is 0 Å². The summed E-state index contributed by atoms with van der Waals surface area (Å²) in [5, 5.41) is 14.0. The van der Waals surface area contributed by atoms with Crippen LogP contribution < -0.4 is 5.56 Å². The summed E-state index contributed by atoms with van der Waals surface area (Å²) < 4.78 is 2.08. The SMILES string of the molecule is Cc1nc2ccc(Br)cc2c(=O)n1/N=C/c1ccc(O)cc1.